The Hall–Kier alpha value is -1.69. The van der Waals surface area contributed by atoms with Gasteiger partial charge in [-0.25, -0.2) is 0 Å². The van der Waals surface area contributed by atoms with Crippen molar-refractivity contribution in [3.63, 3.8) is 0 Å². The molecular weight excluding hydrogens is 384 g/mol. The van der Waals surface area contributed by atoms with Gasteiger partial charge in [-0.05, 0) is 57.0 Å². The smallest absolute Gasteiger partial charge is 0.0784 e. The summed E-state index contributed by atoms with van der Waals surface area (Å²) in [6.07, 6.45) is 2.19. The fraction of sp³-hybridized carbons (Fsp3) is 0.385. The summed E-state index contributed by atoms with van der Waals surface area (Å²) in [5.74, 6) is 0. The number of fused-ring (bicyclic) bond motifs is 4. The van der Waals surface area contributed by atoms with E-state index in [1.807, 2.05) is 0 Å². The van der Waals surface area contributed by atoms with Gasteiger partial charge in [0.2, 0.25) is 0 Å². The molecule has 3 aromatic carbocycles. The standard InChI is InChI=1S/C26H32OSi2/c1-28(2,3)25-21-13-19-11-17-9-7-8-10-18(17)12-20(19)14-22(21)26(29(4,5)6)24-16-27-15-23(24)25/h7-12H,13-16H2,1-6H3. The molecule has 29 heavy (non-hydrogen) atoms. The van der Waals surface area contributed by atoms with Crippen LogP contribution in [0.5, 0.6) is 0 Å². The second-order valence-electron chi connectivity index (χ2n) is 11.0. The maximum Gasteiger partial charge on any atom is 0.0784 e. The fourth-order valence-electron chi connectivity index (χ4n) is 5.79. The fourth-order valence-corrected chi connectivity index (χ4v) is 10.3. The number of rotatable bonds is 2. The topological polar surface area (TPSA) is 9.23 Å². The highest BCUT2D eigenvalue weighted by atomic mass is 28.3. The van der Waals surface area contributed by atoms with Crippen LogP contribution in [-0.4, -0.2) is 16.1 Å². The van der Waals surface area contributed by atoms with Gasteiger partial charge in [0.05, 0.1) is 29.4 Å². The molecule has 0 saturated heterocycles. The Labute approximate surface area is 177 Å². The predicted molar refractivity (Wildman–Crippen MR) is 130 cm³/mol. The molecule has 0 aromatic heterocycles. The van der Waals surface area contributed by atoms with Crippen LogP contribution in [0, 0.1) is 0 Å². The number of benzene rings is 3. The molecule has 5 rings (SSSR count). The Kier molecular flexibility index (Phi) is 4.26. The maximum absolute atomic E-state index is 6.09. The summed E-state index contributed by atoms with van der Waals surface area (Å²) in [6, 6.07) is 13.8. The molecule has 0 bridgehead atoms. The number of hydrogen-bond acceptors (Lipinski definition) is 1. The normalized spacial score (nSPS) is 15.9. The lowest BCUT2D eigenvalue weighted by molar-refractivity contribution is 0.135. The van der Waals surface area contributed by atoms with Crippen LogP contribution in [0.2, 0.25) is 39.3 Å². The van der Waals surface area contributed by atoms with Crippen LogP contribution in [0.1, 0.15) is 33.4 Å². The van der Waals surface area contributed by atoms with Crippen LogP contribution in [0.25, 0.3) is 10.8 Å². The average Bonchev–Trinajstić information content (AvgIpc) is 3.08. The summed E-state index contributed by atoms with van der Waals surface area (Å²) < 4.78 is 6.09. The van der Waals surface area contributed by atoms with Gasteiger partial charge in [0, 0.05) is 0 Å². The van der Waals surface area contributed by atoms with E-state index in [0.29, 0.717) is 0 Å². The minimum atomic E-state index is -1.49. The molecule has 1 aliphatic carbocycles. The molecule has 1 aliphatic heterocycles. The lowest BCUT2D eigenvalue weighted by atomic mass is 9.82. The molecule has 0 saturated carbocycles. The summed E-state index contributed by atoms with van der Waals surface area (Å²) in [5, 5.41) is 6.17. The monoisotopic (exact) mass is 416 g/mol. The molecule has 0 fully saturated rings. The molecule has 1 nitrogen and oxygen atoms in total. The van der Waals surface area contributed by atoms with E-state index >= 15 is 0 Å². The largest absolute Gasteiger partial charge is 0.372 e. The van der Waals surface area contributed by atoms with Crippen LogP contribution in [0.3, 0.4) is 0 Å². The zero-order chi connectivity index (χ0) is 20.6. The van der Waals surface area contributed by atoms with Crippen molar-refractivity contribution in [2.75, 3.05) is 0 Å². The van der Waals surface area contributed by atoms with Gasteiger partial charge in [0.25, 0.3) is 0 Å². The van der Waals surface area contributed by atoms with Gasteiger partial charge >= 0.3 is 0 Å². The molecular formula is C26H32OSi2. The molecule has 0 N–H and O–H groups in total. The molecule has 3 aromatic rings. The van der Waals surface area contributed by atoms with E-state index in [1.54, 1.807) is 32.6 Å². The molecule has 0 atom stereocenters. The Bertz CT molecular complexity index is 1060. The number of hydrogen-bond donors (Lipinski definition) is 0. The first-order valence-electron chi connectivity index (χ1n) is 10.9. The third kappa shape index (κ3) is 3.06. The van der Waals surface area contributed by atoms with Crippen molar-refractivity contribution in [1.82, 2.24) is 0 Å². The Morgan fingerprint density at radius 1 is 0.621 bits per heavy atom. The van der Waals surface area contributed by atoms with Gasteiger partial charge in [0.15, 0.2) is 0 Å². The van der Waals surface area contributed by atoms with Crippen molar-refractivity contribution in [2.24, 2.45) is 0 Å². The zero-order valence-electron chi connectivity index (χ0n) is 18.7. The predicted octanol–water partition coefficient (Wildman–Crippen LogP) is 5.46. The van der Waals surface area contributed by atoms with E-state index in [0.717, 1.165) is 26.1 Å². The van der Waals surface area contributed by atoms with E-state index in [9.17, 15) is 0 Å². The molecule has 0 amide bonds. The molecule has 2 aliphatic rings. The van der Waals surface area contributed by atoms with E-state index in [1.165, 1.54) is 21.9 Å². The van der Waals surface area contributed by atoms with Gasteiger partial charge < -0.3 is 4.74 Å². The van der Waals surface area contributed by atoms with Crippen molar-refractivity contribution < 1.29 is 4.74 Å². The first kappa shape index (κ1) is 19.3. The van der Waals surface area contributed by atoms with Crippen LogP contribution in [-0.2, 0) is 30.8 Å². The Balaban J connectivity index is 1.82. The van der Waals surface area contributed by atoms with E-state index in [4.69, 9.17) is 4.74 Å². The average molecular weight is 417 g/mol. The first-order chi connectivity index (χ1) is 13.6. The molecule has 0 radical (unpaired) electrons. The van der Waals surface area contributed by atoms with Gasteiger partial charge in [-0.3, -0.25) is 0 Å². The van der Waals surface area contributed by atoms with Gasteiger partial charge in [-0.15, -0.1) is 0 Å². The van der Waals surface area contributed by atoms with Gasteiger partial charge in [-0.1, -0.05) is 86.1 Å². The third-order valence-electron chi connectivity index (χ3n) is 6.73. The molecule has 150 valence electrons. The quantitative estimate of drug-likeness (QED) is 0.395. The molecule has 1 heterocycles. The molecule has 0 unspecified atom stereocenters. The Morgan fingerprint density at radius 2 is 1.03 bits per heavy atom. The second-order valence-corrected chi connectivity index (χ2v) is 21.0. The third-order valence-corrected chi connectivity index (χ3v) is 10.9. The van der Waals surface area contributed by atoms with Gasteiger partial charge in [-0.2, -0.15) is 0 Å². The minimum Gasteiger partial charge on any atom is -0.372 e. The van der Waals surface area contributed by atoms with E-state index in [2.05, 4.69) is 75.7 Å². The van der Waals surface area contributed by atoms with Crippen molar-refractivity contribution in [1.29, 1.82) is 0 Å². The summed E-state index contributed by atoms with van der Waals surface area (Å²) in [7, 11) is -2.98. The summed E-state index contributed by atoms with van der Waals surface area (Å²) in [4.78, 5) is 0. The van der Waals surface area contributed by atoms with Crippen molar-refractivity contribution >= 4 is 37.3 Å². The van der Waals surface area contributed by atoms with Crippen LogP contribution < -0.4 is 10.4 Å². The summed E-state index contributed by atoms with van der Waals surface area (Å²) in [5.41, 5.74) is 9.57. The van der Waals surface area contributed by atoms with Crippen molar-refractivity contribution in [3.05, 3.63) is 69.8 Å². The van der Waals surface area contributed by atoms with Crippen molar-refractivity contribution in [2.45, 2.75) is 65.3 Å². The summed E-state index contributed by atoms with van der Waals surface area (Å²) in [6.45, 7) is 16.8. The van der Waals surface area contributed by atoms with Gasteiger partial charge in [0.1, 0.15) is 0 Å². The summed E-state index contributed by atoms with van der Waals surface area (Å²) >= 11 is 0. The Morgan fingerprint density at radius 3 is 1.41 bits per heavy atom. The minimum absolute atomic E-state index is 0.824. The van der Waals surface area contributed by atoms with Crippen LogP contribution in [0.15, 0.2) is 36.4 Å². The highest BCUT2D eigenvalue weighted by Crippen LogP contribution is 2.35. The van der Waals surface area contributed by atoms with Crippen molar-refractivity contribution in [3.8, 4) is 0 Å². The van der Waals surface area contributed by atoms with Crippen LogP contribution >= 0.6 is 0 Å². The first-order valence-corrected chi connectivity index (χ1v) is 17.9. The highest BCUT2D eigenvalue weighted by molar-refractivity contribution is 6.91. The van der Waals surface area contributed by atoms with E-state index < -0.39 is 16.1 Å². The van der Waals surface area contributed by atoms with E-state index in [-0.39, 0.29) is 0 Å². The van der Waals surface area contributed by atoms with Crippen LogP contribution in [0.4, 0.5) is 0 Å². The highest BCUT2D eigenvalue weighted by Gasteiger charge is 2.37. The lowest BCUT2D eigenvalue weighted by Gasteiger charge is -2.36. The molecule has 0 spiro atoms. The molecule has 3 heteroatoms. The zero-order valence-corrected chi connectivity index (χ0v) is 20.7. The number of ether oxygens (including phenoxy) is 1. The second kappa shape index (κ2) is 6.40. The SMILES string of the molecule is C[Si](C)(C)c1c2c(c([Si](C)(C)C)c3c1Cc1cc4ccccc4cc1C3)COC2. The lowest BCUT2D eigenvalue weighted by Crippen LogP contribution is -2.51. The maximum atomic E-state index is 6.09.